The Hall–Kier alpha value is -2.79. The molecule has 2 amide bonds. The van der Waals surface area contributed by atoms with Gasteiger partial charge < -0.3 is 10.1 Å². The minimum absolute atomic E-state index is 0.298. The molecule has 0 fully saturated rings. The standard InChI is InChI=1S/C20H21ClN2O3/c1-20(2,3)26-19(25)22-13-17(14-7-5-4-6-8-14)18(24)23-16-11-9-15(21)10-12-16/h4-13H,1-3H3,(H,22,25)(H,23,24)/b17-13-. The predicted molar refractivity (Wildman–Crippen MR) is 104 cm³/mol. The molecule has 6 heteroatoms. The molecule has 0 radical (unpaired) electrons. The van der Waals surface area contributed by atoms with Gasteiger partial charge in [-0.1, -0.05) is 41.9 Å². The van der Waals surface area contributed by atoms with Crippen molar-refractivity contribution < 1.29 is 14.3 Å². The fourth-order valence-electron chi connectivity index (χ4n) is 2.07. The highest BCUT2D eigenvalue weighted by atomic mass is 35.5. The van der Waals surface area contributed by atoms with Crippen LogP contribution >= 0.6 is 11.6 Å². The zero-order valence-corrected chi connectivity index (χ0v) is 15.6. The van der Waals surface area contributed by atoms with Gasteiger partial charge in [-0.05, 0) is 50.6 Å². The van der Waals surface area contributed by atoms with Crippen molar-refractivity contribution in [2.75, 3.05) is 5.32 Å². The topological polar surface area (TPSA) is 67.4 Å². The van der Waals surface area contributed by atoms with Crippen LogP contribution in [0, 0.1) is 0 Å². The van der Waals surface area contributed by atoms with E-state index in [-0.39, 0.29) is 5.91 Å². The van der Waals surface area contributed by atoms with Crippen LogP contribution in [-0.2, 0) is 9.53 Å². The quantitative estimate of drug-likeness (QED) is 0.754. The third-order valence-electron chi connectivity index (χ3n) is 3.16. The fraction of sp³-hybridized carbons (Fsp3) is 0.200. The van der Waals surface area contributed by atoms with E-state index in [2.05, 4.69) is 10.6 Å². The third-order valence-corrected chi connectivity index (χ3v) is 3.42. The smallest absolute Gasteiger partial charge is 0.411 e. The van der Waals surface area contributed by atoms with Crippen molar-refractivity contribution >= 4 is 34.9 Å². The highest BCUT2D eigenvalue weighted by Crippen LogP contribution is 2.18. The van der Waals surface area contributed by atoms with Crippen molar-refractivity contribution in [1.82, 2.24) is 5.32 Å². The van der Waals surface area contributed by atoms with Crippen molar-refractivity contribution in [3.05, 3.63) is 71.4 Å². The predicted octanol–water partition coefficient (Wildman–Crippen LogP) is 4.84. The summed E-state index contributed by atoms with van der Waals surface area (Å²) in [6.07, 6.45) is 0.708. The molecule has 2 aromatic carbocycles. The highest BCUT2D eigenvalue weighted by Gasteiger charge is 2.17. The summed E-state index contributed by atoms with van der Waals surface area (Å²) in [5.41, 5.74) is 0.927. The first kappa shape index (κ1) is 19.5. The Morgan fingerprint density at radius 3 is 2.19 bits per heavy atom. The van der Waals surface area contributed by atoms with Gasteiger partial charge in [0.25, 0.3) is 5.91 Å². The second kappa shape index (κ2) is 8.54. The molecule has 0 aliphatic heterocycles. The Bertz CT molecular complexity index is 794. The molecule has 0 aliphatic rings. The van der Waals surface area contributed by atoms with Gasteiger partial charge in [0, 0.05) is 16.9 Å². The molecular weight excluding hydrogens is 352 g/mol. The molecule has 26 heavy (non-hydrogen) atoms. The van der Waals surface area contributed by atoms with Gasteiger partial charge >= 0.3 is 6.09 Å². The van der Waals surface area contributed by atoms with Crippen LogP contribution in [0.25, 0.3) is 5.57 Å². The molecule has 2 aromatic rings. The van der Waals surface area contributed by atoms with Crippen LogP contribution < -0.4 is 10.6 Å². The molecule has 136 valence electrons. The summed E-state index contributed by atoms with van der Waals surface area (Å²) in [7, 11) is 0. The number of anilines is 1. The Morgan fingerprint density at radius 1 is 1.00 bits per heavy atom. The van der Waals surface area contributed by atoms with E-state index in [4.69, 9.17) is 16.3 Å². The van der Waals surface area contributed by atoms with Crippen molar-refractivity contribution in [2.24, 2.45) is 0 Å². The molecule has 0 unspecified atom stereocenters. The van der Waals surface area contributed by atoms with Crippen LogP contribution in [0.1, 0.15) is 26.3 Å². The van der Waals surface area contributed by atoms with Crippen LogP contribution in [0.4, 0.5) is 10.5 Å². The molecule has 0 saturated carbocycles. The first-order chi connectivity index (χ1) is 12.2. The van der Waals surface area contributed by atoms with Crippen molar-refractivity contribution in [3.8, 4) is 0 Å². The Labute approximate surface area is 158 Å². The maximum atomic E-state index is 12.7. The van der Waals surface area contributed by atoms with Gasteiger partial charge in [-0.25, -0.2) is 4.79 Å². The van der Waals surface area contributed by atoms with E-state index in [0.29, 0.717) is 21.8 Å². The van der Waals surface area contributed by atoms with Crippen LogP contribution in [0.15, 0.2) is 60.8 Å². The Balaban J connectivity index is 2.20. The summed E-state index contributed by atoms with van der Waals surface area (Å²) in [6, 6.07) is 15.8. The largest absolute Gasteiger partial charge is 0.444 e. The molecule has 0 atom stereocenters. The van der Waals surface area contributed by atoms with Crippen molar-refractivity contribution in [3.63, 3.8) is 0 Å². The number of ether oxygens (including phenoxy) is 1. The Kier molecular flexibility index (Phi) is 6.41. The summed E-state index contributed by atoms with van der Waals surface area (Å²) in [5.74, 6) is -0.366. The number of benzene rings is 2. The lowest BCUT2D eigenvalue weighted by atomic mass is 10.1. The maximum absolute atomic E-state index is 12.7. The normalized spacial score (nSPS) is 11.6. The van der Waals surface area contributed by atoms with Gasteiger partial charge in [-0.3, -0.25) is 10.1 Å². The summed E-state index contributed by atoms with van der Waals surface area (Å²) < 4.78 is 5.19. The average Bonchev–Trinajstić information content (AvgIpc) is 2.56. The second-order valence-corrected chi connectivity index (χ2v) is 6.97. The summed E-state index contributed by atoms with van der Waals surface area (Å²) in [4.78, 5) is 24.6. The molecule has 0 heterocycles. The lowest BCUT2D eigenvalue weighted by Gasteiger charge is -2.19. The fourth-order valence-corrected chi connectivity index (χ4v) is 2.19. The number of rotatable bonds is 4. The lowest BCUT2D eigenvalue weighted by molar-refractivity contribution is -0.111. The minimum atomic E-state index is -0.634. The Morgan fingerprint density at radius 2 is 1.62 bits per heavy atom. The van der Waals surface area contributed by atoms with E-state index in [9.17, 15) is 9.59 Å². The SMILES string of the molecule is CC(C)(C)OC(=O)N/C=C(\C(=O)Nc1ccc(Cl)cc1)c1ccccc1. The van der Waals surface area contributed by atoms with E-state index in [1.165, 1.54) is 6.20 Å². The van der Waals surface area contributed by atoms with E-state index >= 15 is 0 Å². The molecule has 0 bridgehead atoms. The van der Waals surface area contributed by atoms with Crippen molar-refractivity contribution in [1.29, 1.82) is 0 Å². The zero-order chi connectivity index (χ0) is 19.2. The van der Waals surface area contributed by atoms with Gasteiger partial charge in [0.15, 0.2) is 0 Å². The molecular formula is C20H21ClN2O3. The number of carbonyl (C=O) groups is 2. The van der Waals surface area contributed by atoms with E-state index in [1.54, 1.807) is 57.2 Å². The summed E-state index contributed by atoms with van der Waals surface area (Å²) >= 11 is 5.86. The number of alkyl carbamates (subject to hydrolysis) is 1. The first-order valence-corrected chi connectivity index (χ1v) is 8.44. The molecule has 0 saturated heterocycles. The number of halogens is 1. The number of amides is 2. The van der Waals surface area contributed by atoms with E-state index < -0.39 is 11.7 Å². The van der Waals surface area contributed by atoms with Gasteiger partial charge in [0.05, 0.1) is 5.57 Å². The molecule has 2 rings (SSSR count). The average molecular weight is 373 g/mol. The second-order valence-electron chi connectivity index (χ2n) is 6.53. The molecule has 0 spiro atoms. The number of carbonyl (C=O) groups excluding carboxylic acids is 2. The van der Waals surface area contributed by atoms with Crippen molar-refractivity contribution in [2.45, 2.75) is 26.4 Å². The third kappa shape index (κ3) is 6.26. The van der Waals surface area contributed by atoms with Gasteiger partial charge in [0.1, 0.15) is 5.60 Å². The monoisotopic (exact) mass is 372 g/mol. The summed E-state index contributed by atoms with van der Waals surface area (Å²) in [6.45, 7) is 5.30. The van der Waals surface area contributed by atoms with Gasteiger partial charge in [-0.2, -0.15) is 0 Å². The summed E-state index contributed by atoms with van der Waals surface area (Å²) in [5, 5.41) is 5.87. The van der Waals surface area contributed by atoms with E-state index in [0.717, 1.165) is 0 Å². The zero-order valence-electron chi connectivity index (χ0n) is 14.9. The lowest BCUT2D eigenvalue weighted by Crippen LogP contribution is -2.30. The van der Waals surface area contributed by atoms with Crippen LogP contribution in [-0.4, -0.2) is 17.6 Å². The molecule has 2 N–H and O–H groups in total. The number of hydrogen-bond donors (Lipinski definition) is 2. The van der Waals surface area contributed by atoms with Crippen LogP contribution in [0.5, 0.6) is 0 Å². The maximum Gasteiger partial charge on any atom is 0.411 e. The molecule has 0 aliphatic carbocycles. The molecule has 0 aromatic heterocycles. The van der Waals surface area contributed by atoms with E-state index in [1.807, 2.05) is 18.2 Å². The first-order valence-electron chi connectivity index (χ1n) is 8.06. The highest BCUT2D eigenvalue weighted by molar-refractivity contribution is 6.30. The molecule has 5 nitrogen and oxygen atoms in total. The van der Waals surface area contributed by atoms with Crippen LogP contribution in [0.3, 0.4) is 0 Å². The minimum Gasteiger partial charge on any atom is -0.444 e. The number of nitrogens with one attached hydrogen (secondary N) is 2. The number of hydrogen-bond acceptors (Lipinski definition) is 3. The van der Waals surface area contributed by atoms with Gasteiger partial charge in [-0.15, -0.1) is 0 Å². The van der Waals surface area contributed by atoms with Gasteiger partial charge in [0.2, 0.25) is 0 Å². The van der Waals surface area contributed by atoms with Crippen LogP contribution in [0.2, 0.25) is 5.02 Å².